The monoisotopic (exact) mass is 491 g/mol. The molecule has 2 atom stereocenters. The fourth-order valence-electron chi connectivity index (χ4n) is 5.90. The van der Waals surface area contributed by atoms with Crippen LogP contribution in [-0.4, -0.2) is 25.9 Å². The molecule has 35 heavy (non-hydrogen) atoms. The summed E-state index contributed by atoms with van der Waals surface area (Å²) in [4.78, 5) is 2.57. The molecule has 0 saturated heterocycles. The van der Waals surface area contributed by atoms with Crippen LogP contribution in [0.15, 0.2) is 60.7 Å². The van der Waals surface area contributed by atoms with Gasteiger partial charge in [0, 0.05) is 13.1 Å². The van der Waals surface area contributed by atoms with Crippen LogP contribution >= 0.6 is 0 Å². The van der Waals surface area contributed by atoms with E-state index in [0.29, 0.717) is 29.1 Å². The van der Waals surface area contributed by atoms with Crippen LogP contribution in [-0.2, 0) is 17.5 Å². The molecule has 0 fully saturated rings. The lowest BCUT2D eigenvalue weighted by Crippen LogP contribution is -2.47. The number of hydrogen-bond donors (Lipinski definition) is 0. The third-order valence-electron chi connectivity index (χ3n) is 7.48. The summed E-state index contributed by atoms with van der Waals surface area (Å²) in [5, 5.41) is 0. The van der Waals surface area contributed by atoms with Gasteiger partial charge in [-0.25, -0.2) is 0 Å². The van der Waals surface area contributed by atoms with Gasteiger partial charge in [-0.15, -0.1) is 0 Å². The zero-order valence-corrected chi connectivity index (χ0v) is 24.6. The van der Waals surface area contributed by atoms with E-state index in [2.05, 4.69) is 133 Å². The summed E-state index contributed by atoms with van der Waals surface area (Å²) in [6, 6.07) is 21.8. The van der Waals surface area contributed by atoms with Gasteiger partial charge in [0.2, 0.25) is 8.32 Å². The van der Waals surface area contributed by atoms with E-state index < -0.39 is 8.32 Å². The summed E-state index contributed by atoms with van der Waals surface area (Å²) < 4.78 is 6.77. The average molecular weight is 492 g/mol. The molecule has 2 aromatic rings. The Morgan fingerprint density at radius 1 is 0.743 bits per heavy atom. The highest BCUT2D eigenvalue weighted by atomic mass is 28.4. The zero-order valence-electron chi connectivity index (χ0n) is 23.6. The van der Waals surface area contributed by atoms with Crippen molar-refractivity contribution in [2.24, 2.45) is 5.92 Å². The van der Waals surface area contributed by atoms with E-state index in [-0.39, 0.29) is 6.04 Å². The smallest absolute Gasteiger partial charge is 0.201 e. The van der Waals surface area contributed by atoms with Crippen molar-refractivity contribution >= 4 is 8.32 Å². The average Bonchev–Trinajstić information content (AvgIpc) is 2.82. The second-order valence-electron chi connectivity index (χ2n) is 11.0. The van der Waals surface area contributed by atoms with Crippen LogP contribution < -0.4 is 0 Å². The maximum absolute atomic E-state index is 6.77. The standard InChI is InChI=1S/C32H49NOSi/c1-9-17-29(8)32(22-16-23-34-35(26(2)3,27(4)5)28(6)7)33(24-30-18-12-10-13-19-30)25-31-20-14-11-15-21-31/h10-15,18-21,26-29,32H,9,17,23-25H2,1-8H3/t29?,32-/m0/s1. The Hall–Kier alpha value is -1.86. The molecule has 0 aliphatic carbocycles. The predicted molar refractivity (Wildman–Crippen MR) is 155 cm³/mol. The van der Waals surface area contributed by atoms with Crippen molar-refractivity contribution in [3.05, 3.63) is 71.8 Å². The molecule has 0 aliphatic rings. The van der Waals surface area contributed by atoms with Crippen LogP contribution in [0, 0.1) is 17.8 Å². The van der Waals surface area contributed by atoms with E-state index in [1.807, 2.05) is 0 Å². The van der Waals surface area contributed by atoms with E-state index in [4.69, 9.17) is 4.43 Å². The highest BCUT2D eigenvalue weighted by molar-refractivity contribution is 6.77. The first-order valence-corrected chi connectivity index (χ1v) is 15.8. The van der Waals surface area contributed by atoms with E-state index in [1.54, 1.807) is 0 Å². The van der Waals surface area contributed by atoms with Gasteiger partial charge >= 0.3 is 0 Å². The largest absolute Gasteiger partial charge is 0.405 e. The molecule has 0 N–H and O–H groups in total. The molecule has 0 bridgehead atoms. The molecule has 2 aromatic carbocycles. The molecule has 0 aromatic heterocycles. The molecule has 0 saturated carbocycles. The van der Waals surface area contributed by atoms with Gasteiger partial charge in [-0.1, -0.05) is 134 Å². The lowest BCUT2D eigenvalue weighted by Gasteiger charge is -2.41. The normalized spacial score (nSPS) is 13.8. The highest BCUT2D eigenvalue weighted by Gasteiger charge is 2.44. The lowest BCUT2D eigenvalue weighted by molar-refractivity contribution is 0.167. The third kappa shape index (κ3) is 8.35. The first-order chi connectivity index (χ1) is 16.7. The Bertz CT molecular complexity index is 834. The maximum Gasteiger partial charge on any atom is 0.201 e. The van der Waals surface area contributed by atoms with Gasteiger partial charge in [0.15, 0.2) is 0 Å². The van der Waals surface area contributed by atoms with Crippen LogP contribution in [0.5, 0.6) is 0 Å². The molecule has 0 spiro atoms. The first kappa shape index (κ1) is 29.4. The van der Waals surface area contributed by atoms with Gasteiger partial charge in [0.05, 0.1) is 12.6 Å². The molecular weight excluding hydrogens is 442 g/mol. The van der Waals surface area contributed by atoms with E-state index in [0.717, 1.165) is 13.1 Å². The molecule has 2 rings (SSSR count). The molecule has 3 heteroatoms. The Morgan fingerprint density at radius 3 is 1.60 bits per heavy atom. The molecular formula is C32H49NOSi. The SMILES string of the molecule is CCCC(C)[C@H](C#CCO[Si](C(C)C)(C(C)C)C(C)C)N(Cc1ccccc1)Cc1ccccc1. The number of hydrogen-bond acceptors (Lipinski definition) is 2. The molecule has 0 heterocycles. The Kier molecular flexibility index (Phi) is 12.3. The quantitative estimate of drug-likeness (QED) is 0.205. The molecule has 192 valence electrons. The minimum atomic E-state index is -1.91. The highest BCUT2D eigenvalue weighted by Crippen LogP contribution is 2.42. The van der Waals surface area contributed by atoms with Crippen molar-refractivity contribution in [1.82, 2.24) is 4.90 Å². The summed E-state index contributed by atoms with van der Waals surface area (Å²) in [6.45, 7) is 21.0. The van der Waals surface area contributed by atoms with E-state index in [1.165, 1.54) is 24.0 Å². The van der Waals surface area contributed by atoms with Crippen molar-refractivity contribution in [2.45, 2.75) is 104 Å². The summed E-state index contributed by atoms with van der Waals surface area (Å²) >= 11 is 0. The van der Waals surface area contributed by atoms with Crippen molar-refractivity contribution < 1.29 is 4.43 Å². The molecule has 0 radical (unpaired) electrons. The molecule has 1 unspecified atom stereocenters. The fourth-order valence-corrected chi connectivity index (χ4v) is 11.2. The van der Waals surface area contributed by atoms with Crippen LogP contribution in [0.1, 0.15) is 79.4 Å². The van der Waals surface area contributed by atoms with Gasteiger partial charge in [-0.05, 0) is 40.1 Å². The van der Waals surface area contributed by atoms with Crippen LogP contribution in [0.3, 0.4) is 0 Å². The minimum Gasteiger partial charge on any atom is -0.405 e. The molecule has 2 nitrogen and oxygen atoms in total. The Morgan fingerprint density at radius 2 is 1.20 bits per heavy atom. The summed E-state index contributed by atoms with van der Waals surface area (Å²) in [5.41, 5.74) is 4.40. The number of rotatable bonds is 13. The van der Waals surface area contributed by atoms with E-state index >= 15 is 0 Å². The van der Waals surface area contributed by atoms with E-state index in [9.17, 15) is 0 Å². The zero-order chi connectivity index (χ0) is 25.8. The van der Waals surface area contributed by atoms with Gasteiger partial charge < -0.3 is 4.43 Å². The Labute approximate surface area is 217 Å². The van der Waals surface area contributed by atoms with Crippen molar-refractivity contribution in [3.63, 3.8) is 0 Å². The molecule has 0 aliphatic heterocycles. The minimum absolute atomic E-state index is 0.187. The second kappa shape index (κ2) is 14.6. The maximum atomic E-state index is 6.77. The summed E-state index contributed by atoms with van der Waals surface area (Å²) in [5.74, 6) is 7.71. The first-order valence-electron chi connectivity index (χ1n) is 13.7. The number of benzene rings is 2. The van der Waals surface area contributed by atoms with Crippen LogP contribution in [0.2, 0.25) is 16.6 Å². The Balaban J connectivity index is 2.33. The topological polar surface area (TPSA) is 12.5 Å². The van der Waals surface area contributed by atoms with Gasteiger partial charge in [-0.2, -0.15) is 0 Å². The van der Waals surface area contributed by atoms with Gasteiger partial charge in [-0.3, -0.25) is 4.90 Å². The molecule has 0 amide bonds. The van der Waals surface area contributed by atoms with Crippen LogP contribution in [0.25, 0.3) is 0 Å². The van der Waals surface area contributed by atoms with Gasteiger partial charge in [0.25, 0.3) is 0 Å². The number of nitrogens with zero attached hydrogens (tertiary/aromatic N) is 1. The lowest BCUT2D eigenvalue weighted by atomic mass is 9.94. The van der Waals surface area contributed by atoms with Gasteiger partial charge in [0.1, 0.15) is 0 Å². The predicted octanol–water partition coefficient (Wildman–Crippen LogP) is 8.69. The fraction of sp³-hybridized carbons (Fsp3) is 0.562. The van der Waals surface area contributed by atoms with Crippen LogP contribution in [0.4, 0.5) is 0 Å². The summed E-state index contributed by atoms with van der Waals surface area (Å²) in [7, 11) is -1.91. The van der Waals surface area contributed by atoms with Crippen molar-refractivity contribution in [3.8, 4) is 11.8 Å². The third-order valence-corrected chi connectivity index (χ3v) is 13.5. The van der Waals surface area contributed by atoms with Crippen molar-refractivity contribution in [1.29, 1.82) is 0 Å². The summed E-state index contributed by atoms with van der Waals surface area (Å²) in [6.07, 6.45) is 2.34. The van der Waals surface area contributed by atoms with Crippen molar-refractivity contribution in [2.75, 3.05) is 6.61 Å². The second-order valence-corrected chi connectivity index (χ2v) is 16.5.